The third kappa shape index (κ3) is 5.68. The van der Waals surface area contributed by atoms with Gasteiger partial charge in [-0.3, -0.25) is 14.9 Å². The first-order valence-corrected chi connectivity index (χ1v) is 8.28. The number of para-hydroxylation sites is 1. The van der Waals surface area contributed by atoms with Crippen LogP contribution in [0.25, 0.3) is 6.08 Å². The number of nitro groups is 1. The molecule has 7 nitrogen and oxygen atoms in total. The fraction of sp³-hybridized carbons (Fsp3) is 0.200. The molecule has 0 atom stereocenters. The quantitative estimate of drug-likeness (QED) is 0.349. The molecule has 0 saturated carbocycles. The van der Waals surface area contributed by atoms with E-state index in [1.165, 1.54) is 18.2 Å². The number of nitrogens with one attached hydrogen (secondary N) is 1. The fourth-order valence-corrected chi connectivity index (χ4v) is 2.25. The molecule has 2 rings (SSSR count). The molecule has 0 spiro atoms. The topological polar surface area (TPSA) is 105 Å². The van der Waals surface area contributed by atoms with Gasteiger partial charge in [0.2, 0.25) is 0 Å². The summed E-state index contributed by atoms with van der Waals surface area (Å²) in [5.74, 6) is 0.0543. The number of ether oxygens (including phenoxy) is 1. The summed E-state index contributed by atoms with van der Waals surface area (Å²) < 4.78 is 5.77. The zero-order chi connectivity index (χ0) is 19.8. The molecule has 1 N–H and O–H groups in total. The molecule has 7 heteroatoms. The molecular formula is C20H19N3O4. The summed E-state index contributed by atoms with van der Waals surface area (Å²) in [6, 6.07) is 14.9. The molecule has 0 aromatic heterocycles. The summed E-state index contributed by atoms with van der Waals surface area (Å²) in [7, 11) is 0. The third-order valence-corrected chi connectivity index (χ3v) is 3.55. The van der Waals surface area contributed by atoms with Gasteiger partial charge in [-0.25, -0.2) is 0 Å². The van der Waals surface area contributed by atoms with Gasteiger partial charge < -0.3 is 10.1 Å². The van der Waals surface area contributed by atoms with Gasteiger partial charge in [0.25, 0.3) is 11.6 Å². The highest BCUT2D eigenvalue weighted by molar-refractivity contribution is 6.02. The van der Waals surface area contributed by atoms with Crippen molar-refractivity contribution in [2.45, 2.75) is 26.5 Å². The summed E-state index contributed by atoms with van der Waals surface area (Å²) in [5, 5.41) is 22.6. The van der Waals surface area contributed by atoms with Crippen LogP contribution in [0.5, 0.6) is 5.75 Å². The Bertz CT molecular complexity index is 896. The first kappa shape index (κ1) is 19.7. The van der Waals surface area contributed by atoms with E-state index in [1.54, 1.807) is 36.4 Å². The molecule has 138 valence electrons. The van der Waals surface area contributed by atoms with Crippen LogP contribution in [0.15, 0.2) is 54.1 Å². The Kier molecular flexibility index (Phi) is 6.67. The van der Waals surface area contributed by atoms with Crippen molar-refractivity contribution >= 4 is 17.7 Å². The van der Waals surface area contributed by atoms with Crippen molar-refractivity contribution in [2.75, 3.05) is 0 Å². The number of benzene rings is 2. The summed E-state index contributed by atoms with van der Waals surface area (Å²) in [5.41, 5.74) is 1.35. The van der Waals surface area contributed by atoms with Crippen molar-refractivity contribution in [3.63, 3.8) is 0 Å². The predicted octanol–water partition coefficient (Wildman–Crippen LogP) is 3.61. The van der Waals surface area contributed by atoms with Gasteiger partial charge >= 0.3 is 0 Å². The lowest BCUT2D eigenvalue weighted by Gasteiger charge is -2.10. The van der Waals surface area contributed by atoms with E-state index in [0.717, 1.165) is 5.56 Å². The average molecular weight is 365 g/mol. The molecule has 0 aliphatic carbocycles. The van der Waals surface area contributed by atoms with Crippen LogP contribution in [0.3, 0.4) is 0 Å². The number of nitro benzene ring substituents is 1. The number of amides is 1. The molecule has 1 amide bonds. The van der Waals surface area contributed by atoms with E-state index in [0.29, 0.717) is 11.3 Å². The van der Waals surface area contributed by atoms with Crippen LogP contribution in [0, 0.1) is 21.4 Å². The van der Waals surface area contributed by atoms with Gasteiger partial charge in [-0.2, -0.15) is 5.26 Å². The van der Waals surface area contributed by atoms with Crippen LogP contribution in [-0.2, 0) is 11.4 Å². The number of carbonyl (C=O) groups is 1. The SMILES string of the molecule is CC(C)NC(=O)/C(C#N)=C\c1ccccc1OCc1ccc([N+](=O)[O-])cc1. The van der Waals surface area contributed by atoms with E-state index in [-0.39, 0.29) is 23.9 Å². The number of non-ortho nitro benzene ring substituents is 1. The number of hydrogen-bond acceptors (Lipinski definition) is 5. The van der Waals surface area contributed by atoms with Crippen molar-refractivity contribution in [1.29, 1.82) is 5.26 Å². The number of rotatable bonds is 7. The standard InChI is InChI=1S/C20H19N3O4/c1-14(2)22-20(24)17(12-21)11-16-5-3-4-6-19(16)27-13-15-7-9-18(10-8-15)23(25)26/h3-11,14H,13H2,1-2H3,(H,22,24)/b17-11-. The molecule has 0 heterocycles. The first-order valence-electron chi connectivity index (χ1n) is 8.28. The van der Waals surface area contributed by atoms with Gasteiger partial charge in [-0.05, 0) is 43.7 Å². The van der Waals surface area contributed by atoms with Crippen molar-refractivity contribution in [1.82, 2.24) is 5.32 Å². The number of hydrogen-bond donors (Lipinski definition) is 1. The minimum Gasteiger partial charge on any atom is -0.488 e. The Balaban J connectivity index is 2.17. The molecule has 27 heavy (non-hydrogen) atoms. The number of nitrogens with zero attached hydrogens (tertiary/aromatic N) is 2. The van der Waals surface area contributed by atoms with E-state index in [4.69, 9.17) is 4.74 Å². The van der Waals surface area contributed by atoms with Gasteiger partial charge in [0, 0.05) is 23.7 Å². The van der Waals surface area contributed by atoms with E-state index < -0.39 is 10.8 Å². The highest BCUT2D eigenvalue weighted by atomic mass is 16.6. The van der Waals surface area contributed by atoms with Gasteiger partial charge in [0.05, 0.1) is 4.92 Å². The normalized spacial score (nSPS) is 11.0. The smallest absolute Gasteiger partial charge is 0.269 e. The second-order valence-electron chi connectivity index (χ2n) is 6.05. The first-order chi connectivity index (χ1) is 12.9. The second-order valence-corrected chi connectivity index (χ2v) is 6.05. The molecule has 0 saturated heterocycles. The Morgan fingerprint density at radius 3 is 2.52 bits per heavy atom. The molecule has 0 aliphatic rings. The third-order valence-electron chi connectivity index (χ3n) is 3.55. The molecule has 0 fully saturated rings. The minimum atomic E-state index is -0.462. The van der Waals surface area contributed by atoms with Crippen molar-refractivity contribution in [2.24, 2.45) is 0 Å². The van der Waals surface area contributed by atoms with Crippen LogP contribution in [-0.4, -0.2) is 16.9 Å². The highest BCUT2D eigenvalue weighted by Crippen LogP contribution is 2.23. The van der Waals surface area contributed by atoms with Crippen LogP contribution in [0.1, 0.15) is 25.0 Å². The van der Waals surface area contributed by atoms with E-state index in [2.05, 4.69) is 5.32 Å². The van der Waals surface area contributed by atoms with Crippen molar-refractivity contribution in [3.8, 4) is 11.8 Å². The lowest BCUT2D eigenvalue weighted by molar-refractivity contribution is -0.384. The van der Waals surface area contributed by atoms with Gasteiger partial charge in [0.1, 0.15) is 24.0 Å². The maximum absolute atomic E-state index is 12.1. The van der Waals surface area contributed by atoms with Crippen LogP contribution in [0.4, 0.5) is 5.69 Å². The molecule has 0 unspecified atom stereocenters. The van der Waals surface area contributed by atoms with Crippen LogP contribution >= 0.6 is 0 Å². The molecule has 2 aromatic carbocycles. The monoisotopic (exact) mass is 365 g/mol. The largest absolute Gasteiger partial charge is 0.488 e. The maximum atomic E-state index is 12.1. The Labute approximate surface area is 157 Å². The van der Waals surface area contributed by atoms with E-state index >= 15 is 0 Å². The molecule has 0 bridgehead atoms. The Morgan fingerprint density at radius 1 is 1.26 bits per heavy atom. The van der Waals surface area contributed by atoms with Crippen molar-refractivity contribution in [3.05, 3.63) is 75.3 Å². The maximum Gasteiger partial charge on any atom is 0.269 e. The minimum absolute atomic E-state index is 0.0110. The summed E-state index contributed by atoms with van der Waals surface area (Å²) in [6.45, 7) is 3.82. The number of carbonyl (C=O) groups excluding carboxylic acids is 1. The van der Waals surface area contributed by atoms with Crippen LogP contribution in [0.2, 0.25) is 0 Å². The number of nitriles is 1. The molecule has 2 aromatic rings. The Hall–Kier alpha value is -3.66. The predicted molar refractivity (Wildman–Crippen MR) is 101 cm³/mol. The van der Waals surface area contributed by atoms with E-state index in [9.17, 15) is 20.2 Å². The molecule has 0 radical (unpaired) electrons. The van der Waals surface area contributed by atoms with Gasteiger partial charge in [-0.1, -0.05) is 18.2 Å². The van der Waals surface area contributed by atoms with Crippen LogP contribution < -0.4 is 10.1 Å². The summed E-state index contributed by atoms with van der Waals surface area (Å²) >= 11 is 0. The zero-order valence-corrected chi connectivity index (χ0v) is 15.0. The van der Waals surface area contributed by atoms with Crippen molar-refractivity contribution < 1.29 is 14.5 Å². The summed E-state index contributed by atoms with van der Waals surface area (Å²) in [4.78, 5) is 22.3. The molecule has 0 aliphatic heterocycles. The zero-order valence-electron chi connectivity index (χ0n) is 15.0. The van der Waals surface area contributed by atoms with Gasteiger partial charge in [-0.15, -0.1) is 0 Å². The van der Waals surface area contributed by atoms with Gasteiger partial charge in [0.15, 0.2) is 0 Å². The Morgan fingerprint density at radius 2 is 1.93 bits per heavy atom. The van der Waals surface area contributed by atoms with E-state index in [1.807, 2.05) is 19.9 Å². The summed E-state index contributed by atoms with van der Waals surface area (Å²) in [6.07, 6.45) is 1.48. The second kappa shape index (κ2) is 9.15. The lowest BCUT2D eigenvalue weighted by Crippen LogP contribution is -2.30. The average Bonchev–Trinajstić information content (AvgIpc) is 2.64. The fourth-order valence-electron chi connectivity index (χ4n) is 2.25. The highest BCUT2D eigenvalue weighted by Gasteiger charge is 2.12. The molecular weight excluding hydrogens is 346 g/mol. The lowest BCUT2D eigenvalue weighted by atomic mass is 10.1.